The van der Waals surface area contributed by atoms with E-state index in [2.05, 4.69) is 10.3 Å². The fraction of sp³-hybridized carbons (Fsp3) is 0.500. The van der Waals surface area contributed by atoms with Gasteiger partial charge in [-0.25, -0.2) is 4.98 Å². The maximum absolute atomic E-state index is 8.81. The van der Waals surface area contributed by atoms with Gasteiger partial charge >= 0.3 is 0 Å². The van der Waals surface area contributed by atoms with Crippen LogP contribution in [0.5, 0.6) is 0 Å². The van der Waals surface area contributed by atoms with Crippen LogP contribution in [0.25, 0.3) is 0 Å². The summed E-state index contributed by atoms with van der Waals surface area (Å²) < 4.78 is 5.55. The second-order valence-electron chi connectivity index (χ2n) is 4.29. The quantitative estimate of drug-likeness (QED) is 0.811. The number of hydrogen-bond acceptors (Lipinski definition) is 5. The fourth-order valence-electron chi connectivity index (χ4n) is 1.40. The summed E-state index contributed by atoms with van der Waals surface area (Å²) in [6.07, 6.45) is 0. The molecule has 17 heavy (non-hydrogen) atoms. The molecular formula is C12H18N4O. The minimum atomic E-state index is -0.273. The molecular weight excluding hydrogens is 216 g/mol. The standard InChI is InChI=1S/C12H18N4O/c1-4-17-12(2,3)8-15-11-6-5-9(14)10(7-13)16-11/h5-6H,4,8,14H2,1-3H3,(H,15,16). The van der Waals surface area contributed by atoms with Crippen molar-refractivity contribution in [1.29, 1.82) is 5.26 Å². The molecule has 0 spiro atoms. The van der Waals surface area contributed by atoms with Gasteiger partial charge in [0.05, 0.1) is 11.3 Å². The molecule has 0 saturated carbocycles. The van der Waals surface area contributed by atoms with Gasteiger partial charge in [0.1, 0.15) is 11.9 Å². The summed E-state index contributed by atoms with van der Waals surface area (Å²) in [7, 11) is 0. The number of ether oxygens (including phenoxy) is 1. The van der Waals surface area contributed by atoms with Crippen LogP contribution >= 0.6 is 0 Å². The van der Waals surface area contributed by atoms with Gasteiger partial charge < -0.3 is 15.8 Å². The molecule has 0 aliphatic heterocycles. The Labute approximate surface area is 102 Å². The van der Waals surface area contributed by atoms with Gasteiger partial charge in [-0.1, -0.05) is 0 Å². The highest BCUT2D eigenvalue weighted by atomic mass is 16.5. The Hall–Kier alpha value is -1.80. The third-order valence-electron chi connectivity index (χ3n) is 2.26. The third-order valence-corrected chi connectivity index (χ3v) is 2.26. The summed E-state index contributed by atoms with van der Waals surface area (Å²) in [6, 6.07) is 5.37. The lowest BCUT2D eigenvalue weighted by Crippen LogP contribution is -2.33. The van der Waals surface area contributed by atoms with Crippen molar-refractivity contribution in [3.63, 3.8) is 0 Å². The van der Waals surface area contributed by atoms with Gasteiger partial charge in [0.15, 0.2) is 5.69 Å². The predicted octanol–water partition coefficient (Wildman–Crippen LogP) is 1.76. The summed E-state index contributed by atoms with van der Waals surface area (Å²) >= 11 is 0. The Bertz CT molecular complexity index is 423. The van der Waals surface area contributed by atoms with E-state index < -0.39 is 0 Å². The highest BCUT2D eigenvalue weighted by molar-refractivity contribution is 5.54. The summed E-state index contributed by atoms with van der Waals surface area (Å²) in [5.41, 5.74) is 5.95. The maximum Gasteiger partial charge on any atom is 0.165 e. The first-order valence-corrected chi connectivity index (χ1v) is 5.53. The van der Waals surface area contributed by atoms with Crippen LogP contribution in [-0.2, 0) is 4.74 Å². The predicted molar refractivity (Wildman–Crippen MR) is 67.6 cm³/mol. The molecule has 92 valence electrons. The molecule has 0 aliphatic carbocycles. The zero-order chi connectivity index (χ0) is 12.9. The maximum atomic E-state index is 8.81. The monoisotopic (exact) mass is 234 g/mol. The molecule has 0 bridgehead atoms. The number of anilines is 2. The van der Waals surface area contributed by atoms with Crippen molar-refractivity contribution in [2.45, 2.75) is 26.4 Å². The lowest BCUT2D eigenvalue weighted by Gasteiger charge is -2.25. The fourth-order valence-corrected chi connectivity index (χ4v) is 1.40. The molecule has 0 radical (unpaired) electrons. The van der Waals surface area contributed by atoms with E-state index >= 15 is 0 Å². The van der Waals surface area contributed by atoms with Crippen molar-refractivity contribution in [3.05, 3.63) is 17.8 Å². The van der Waals surface area contributed by atoms with Crippen LogP contribution in [0.3, 0.4) is 0 Å². The first-order valence-electron chi connectivity index (χ1n) is 5.53. The number of aromatic nitrogens is 1. The number of nitrogens with zero attached hydrogens (tertiary/aromatic N) is 2. The molecule has 0 saturated heterocycles. The van der Waals surface area contributed by atoms with Crippen molar-refractivity contribution in [1.82, 2.24) is 4.98 Å². The average Bonchev–Trinajstić information content (AvgIpc) is 2.28. The molecule has 0 amide bonds. The van der Waals surface area contributed by atoms with Crippen LogP contribution in [0.1, 0.15) is 26.5 Å². The van der Waals surface area contributed by atoms with Crippen LogP contribution in [0.2, 0.25) is 0 Å². The first-order chi connectivity index (χ1) is 7.98. The molecule has 1 rings (SSSR count). The number of nitrogen functional groups attached to an aromatic ring is 1. The molecule has 0 aliphatic rings. The number of rotatable bonds is 5. The Kier molecular flexibility index (Phi) is 4.30. The molecule has 0 unspecified atom stereocenters. The van der Waals surface area contributed by atoms with Crippen LogP contribution in [0.15, 0.2) is 12.1 Å². The van der Waals surface area contributed by atoms with Gasteiger partial charge in [0.25, 0.3) is 0 Å². The van der Waals surface area contributed by atoms with Crippen molar-refractivity contribution in [2.75, 3.05) is 24.2 Å². The number of nitrogens with one attached hydrogen (secondary N) is 1. The van der Waals surface area contributed by atoms with Gasteiger partial charge in [-0.15, -0.1) is 0 Å². The molecule has 1 aromatic rings. The SMILES string of the molecule is CCOC(C)(C)CNc1ccc(N)c(C#N)n1. The molecule has 5 heteroatoms. The second-order valence-corrected chi connectivity index (χ2v) is 4.29. The molecule has 0 aromatic carbocycles. The van der Waals surface area contributed by atoms with Gasteiger partial charge in [-0.3, -0.25) is 0 Å². The number of nitrogens with two attached hydrogens (primary N) is 1. The summed E-state index contributed by atoms with van der Waals surface area (Å²) in [4.78, 5) is 4.10. The normalized spacial score (nSPS) is 10.9. The summed E-state index contributed by atoms with van der Waals surface area (Å²) in [5, 5.41) is 11.9. The molecule has 1 heterocycles. The third kappa shape index (κ3) is 3.93. The summed E-state index contributed by atoms with van der Waals surface area (Å²) in [6.45, 7) is 7.21. The summed E-state index contributed by atoms with van der Waals surface area (Å²) in [5.74, 6) is 0.628. The Morgan fingerprint density at radius 1 is 1.53 bits per heavy atom. The van der Waals surface area contributed by atoms with Crippen molar-refractivity contribution in [3.8, 4) is 6.07 Å². The topological polar surface area (TPSA) is 84.0 Å². The van der Waals surface area contributed by atoms with Crippen LogP contribution in [0, 0.1) is 11.3 Å². The zero-order valence-electron chi connectivity index (χ0n) is 10.4. The molecule has 0 fully saturated rings. The minimum absolute atomic E-state index is 0.240. The molecule has 5 nitrogen and oxygen atoms in total. The average molecular weight is 234 g/mol. The van der Waals surface area contributed by atoms with Crippen LogP contribution in [-0.4, -0.2) is 23.7 Å². The van der Waals surface area contributed by atoms with Crippen molar-refractivity contribution in [2.24, 2.45) is 0 Å². The highest BCUT2D eigenvalue weighted by Crippen LogP contribution is 2.14. The van der Waals surface area contributed by atoms with Crippen molar-refractivity contribution < 1.29 is 4.74 Å². The van der Waals surface area contributed by atoms with Gasteiger partial charge in [-0.05, 0) is 32.9 Å². The smallest absolute Gasteiger partial charge is 0.165 e. The van der Waals surface area contributed by atoms with E-state index in [0.717, 1.165) is 0 Å². The largest absolute Gasteiger partial charge is 0.396 e. The van der Waals surface area contributed by atoms with Crippen LogP contribution < -0.4 is 11.1 Å². The number of pyridine rings is 1. The van der Waals surface area contributed by atoms with E-state index in [1.54, 1.807) is 12.1 Å². The van der Waals surface area contributed by atoms with Gasteiger partial charge in [0.2, 0.25) is 0 Å². The van der Waals surface area contributed by atoms with Gasteiger partial charge in [-0.2, -0.15) is 5.26 Å². The van der Waals surface area contributed by atoms with E-state index in [1.807, 2.05) is 26.8 Å². The number of hydrogen-bond donors (Lipinski definition) is 2. The minimum Gasteiger partial charge on any atom is -0.396 e. The first kappa shape index (κ1) is 13.3. The van der Waals surface area contributed by atoms with E-state index in [9.17, 15) is 0 Å². The second kappa shape index (κ2) is 5.51. The van der Waals surface area contributed by atoms with E-state index in [-0.39, 0.29) is 11.3 Å². The molecule has 1 aromatic heterocycles. The molecule has 0 atom stereocenters. The highest BCUT2D eigenvalue weighted by Gasteiger charge is 2.17. The van der Waals surface area contributed by atoms with E-state index in [4.69, 9.17) is 15.7 Å². The molecule has 3 N–H and O–H groups in total. The Morgan fingerprint density at radius 3 is 2.82 bits per heavy atom. The van der Waals surface area contributed by atoms with Crippen LogP contribution in [0.4, 0.5) is 11.5 Å². The lowest BCUT2D eigenvalue weighted by molar-refractivity contribution is 0.000643. The zero-order valence-corrected chi connectivity index (χ0v) is 10.4. The van der Waals surface area contributed by atoms with E-state index in [1.165, 1.54) is 0 Å². The Morgan fingerprint density at radius 2 is 2.24 bits per heavy atom. The Balaban J connectivity index is 2.67. The van der Waals surface area contributed by atoms with Crippen molar-refractivity contribution >= 4 is 11.5 Å². The lowest BCUT2D eigenvalue weighted by atomic mass is 10.1. The van der Waals surface area contributed by atoms with E-state index in [0.29, 0.717) is 24.7 Å². The van der Waals surface area contributed by atoms with Gasteiger partial charge in [0, 0.05) is 13.2 Å². The number of nitriles is 1.